The van der Waals surface area contributed by atoms with Gasteiger partial charge in [0.15, 0.2) is 5.78 Å². The Balaban J connectivity index is 2.30. The minimum absolute atomic E-state index is 0.0736. The standard InChI is InChI=1S/C13H15N5O2/c1-4-18-13(15-16-17-18)14-12(20)11-7-5-6-10(8(11)2)9(3)19/h5-7H,4H2,1-3H3,(H,14,15,17,20). The fourth-order valence-electron chi connectivity index (χ4n) is 1.94. The SMILES string of the molecule is CCn1nnnc1NC(=O)c1cccc(C(C)=O)c1C. The van der Waals surface area contributed by atoms with Crippen molar-refractivity contribution >= 4 is 17.6 Å². The lowest BCUT2D eigenvalue weighted by molar-refractivity contribution is 0.101. The predicted molar refractivity (Wildman–Crippen MR) is 72.6 cm³/mol. The summed E-state index contributed by atoms with van der Waals surface area (Å²) in [5.41, 5.74) is 1.61. The number of aryl methyl sites for hydroxylation is 1. The number of nitrogens with zero attached hydrogens (tertiary/aromatic N) is 4. The highest BCUT2D eigenvalue weighted by Gasteiger charge is 2.16. The highest BCUT2D eigenvalue weighted by Crippen LogP contribution is 2.15. The Morgan fingerprint density at radius 2 is 2.00 bits per heavy atom. The van der Waals surface area contributed by atoms with E-state index in [9.17, 15) is 9.59 Å². The van der Waals surface area contributed by atoms with Gasteiger partial charge in [0.1, 0.15) is 0 Å². The number of carbonyl (C=O) groups is 2. The number of benzene rings is 1. The molecule has 0 atom stereocenters. The van der Waals surface area contributed by atoms with E-state index in [1.807, 2.05) is 6.92 Å². The van der Waals surface area contributed by atoms with Crippen molar-refractivity contribution in [1.29, 1.82) is 0 Å². The smallest absolute Gasteiger partial charge is 0.258 e. The zero-order valence-corrected chi connectivity index (χ0v) is 11.5. The van der Waals surface area contributed by atoms with E-state index in [2.05, 4.69) is 20.8 Å². The average molecular weight is 273 g/mol. The van der Waals surface area contributed by atoms with Crippen molar-refractivity contribution in [2.75, 3.05) is 5.32 Å². The number of ketones is 1. The molecule has 0 spiro atoms. The van der Waals surface area contributed by atoms with Crippen molar-refractivity contribution in [3.05, 3.63) is 34.9 Å². The normalized spacial score (nSPS) is 10.3. The molecule has 7 nitrogen and oxygen atoms in total. The van der Waals surface area contributed by atoms with E-state index in [0.717, 1.165) is 0 Å². The topological polar surface area (TPSA) is 89.8 Å². The van der Waals surface area contributed by atoms with Gasteiger partial charge >= 0.3 is 0 Å². The van der Waals surface area contributed by atoms with Crippen LogP contribution in [0, 0.1) is 6.92 Å². The maximum absolute atomic E-state index is 12.2. The first-order valence-corrected chi connectivity index (χ1v) is 6.22. The van der Waals surface area contributed by atoms with Crippen LogP contribution in [0.15, 0.2) is 18.2 Å². The van der Waals surface area contributed by atoms with Gasteiger partial charge in [-0.15, -0.1) is 0 Å². The Morgan fingerprint density at radius 3 is 2.65 bits per heavy atom. The van der Waals surface area contributed by atoms with Gasteiger partial charge in [-0.2, -0.15) is 0 Å². The monoisotopic (exact) mass is 273 g/mol. The summed E-state index contributed by atoms with van der Waals surface area (Å²) in [6.07, 6.45) is 0. The first-order valence-electron chi connectivity index (χ1n) is 6.22. The van der Waals surface area contributed by atoms with Crippen LogP contribution in [0.3, 0.4) is 0 Å². The number of hydrogen-bond acceptors (Lipinski definition) is 5. The number of aromatic nitrogens is 4. The number of tetrazole rings is 1. The Hall–Kier alpha value is -2.57. The van der Waals surface area contributed by atoms with Crippen LogP contribution in [-0.4, -0.2) is 31.9 Å². The fourth-order valence-corrected chi connectivity index (χ4v) is 1.94. The van der Waals surface area contributed by atoms with E-state index in [1.165, 1.54) is 11.6 Å². The van der Waals surface area contributed by atoms with Crippen LogP contribution in [0.2, 0.25) is 0 Å². The third-order valence-corrected chi connectivity index (χ3v) is 3.01. The van der Waals surface area contributed by atoms with Crippen molar-refractivity contribution in [3.63, 3.8) is 0 Å². The fraction of sp³-hybridized carbons (Fsp3) is 0.308. The molecule has 0 unspecified atom stereocenters. The summed E-state index contributed by atoms with van der Waals surface area (Å²) < 4.78 is 1.47. The number of hydrogen-bond donors (Lipinski definition) is 1. The average Bonchev–Trinajstić information content (AvgIpc) is 2.85. The van der Waals surface area contributed by atoms with Crippen LogP contribution in [-0.2, 0) is 6.54 Å². The van der Waals surface area contributed by atoms with E-state index >= 15 is 0 Å². The molecule has 2 aromatic rings. The van der Waals surface area contributed by atoms with Crippen LogP contribution in [0.4, 0.5) is 5.95 Å². The number of Topliss-reactive ketones (excluding diaryl/α,β-unsaturated/α-hetero) is 1. The molecule has 0 bridgehead atoms. The zero-order valence-electron chi connectivity index (χ0n) is 11.5. The molecule has 1 aromatic heterocycles. The van der Waals surface area contributed by atoms with E-state index in [-0.39, 0.29) is 17.6 Å². The number of amides is 1. The molecule has 1 N–H and O–H groups in total. The lowest BCUT2D eigenvalue weighted by atomic mass is 9.99. The third kappa shape index (κ3) is 2.56. The summed E-state index contributed by atoms with van der Waals surface area (Å²) in [6, 6.07) is 5.04. The highest BCUT2D eigenvalue weighted by molar-refractivity contribution is 6.07. The molecule has 1 heterocycles. The minimum Gasteiger partial charge on any atom is -0.295 e. The van der Waals surface area contributed by atoms with Crippen LogP contribution in [0.1, 0.15) is 40.1 Å². The van der Waals surface area contributed by atoms with Gasteiger partial charge in [0.2, 0.25) is 5.95 Å². The quantitative estimate of drug-likeness (QED) is 0.852. The second-order valence-corrected chi connectivity index (χ2v) is 4.31. The summed E-state index contributed by atoms with van der Waals surface area (Å²) in [5.74, 6) is -0.129. The zero-order chi connectivity index (χ0) is 14.7. The lowest BCUT2D eigenvalue weighted by Gasteiger charge is -2.09. The van der Waals surface area contributed by atoms with Crippen molar-refractivity contribution in [2.45, 2.75) is 27.3 Å². The second kappa shape index (κ2) is 5.60. The predicted octanol–water partition coefficient (Wildman–Crippen LogP) is 1.46. The van der Waals surface area contributed by atoms with Gasteiger partial charge in [-0.3, -0.25) is 14.9 Å². The Kier molecular flexibility index (Phi) is 3.88. The summed E-state index contributed by atoms with van der Waals surface area (Å²) in [7, 11) is 0. The van der Waals surface area contributed by atoms with Crippen LogP contribution < -0.4 is 5.32 Å². The molecule has 0 aliphatic carbocycles. The van der Waals surface area contributed by atoms with Crippen LogP contribution in [0.25, 0.3) is 0 Å². The van der Waals surface area contributed by atoms with Gasteiger partial charge in [0, 0.05) is 17.7 Å². The first-order chi connectivity index (χ1) is 9.54. The molecule has 1 amide bonds. The number of rotatable bonds is 4. The van der Waals surface area contributed by atoms with Gasteiger partial charge in [-0.05, 0) is 42.8 Å². The Labute approximate surface area is 116 Å². The molecule has 1 aromatic carbocycles. The molecule has 0 radical (unpaired) electrons. The summed E-state index contributed by atoms with van der Waals surface area (Å²) in [5, 5.41) is 13.6. The number of nitrogens with one attached hydrogen (secondary N) is 1. The van der Waals surface area contributed by atoms with E-state index in [4.69, 9.17) is 0 Å². The Bertz CT molecular complexity index is 663. The van der Waals surface area contributed by atoms with E-state index in [0.29, 0.717) is 23.2 Å². The molecule has 0 aliphatic heterocycles. The third-order valence-electron chi connectivity index (χ3n) is 3.01. The van der Waals surface area contributed by atoms with Gasteiger partial charge < -0.3 is 0 Å². The largest absolute Gasteiger partial charge is 0.295 e. The van der Waals surface area contributed by atoms with Crippen molar-refractivity contribution < 1.29 is 9.59 Å². The summed E-state index contributed by atoms with van der Waals surface area (Å²) in [6.45, 7) is 5.64. The Morgan fingerprint density at radius 1 is 1.30 bits per heavy atom. The van der Waals surface area contributed by atoms with Crippen molar-refractivity contribution in [1.82, 2.24) is 20.2 Å². The minimum atomic E-state index is -0.338. The molecule has 0 aliphatic rings. The van der Waals surface area contributed by atoms with Crippen LogP contribution in [0.5, 0.6) is 0 Å². The molecule has 7 heteroatoms. The van der Waals surface area contributed by atoms with Gasteiger partial charge in [0.05, 0.1) is 0 Å². The van der Waals surface area contributed by atoms with E-state index in [1.54, 1.807) is 25.1 Å². The van der Waals surface area contributed by atoms with Gasteiger partial charge in [-0.1, -0.05) is 17.2 Å². The molecule has 0 saturated carbocycles. The number of carbonyl (C=O) groups excluding carboxylic acids is 2. The maximum Gasteiger partial charge on any atom is 0.258 e. The highest BCUT2D eigenvalue weighted by atomic mass is 16.2. The first kappa shape index (κ1) is 13.9. The summed E-state index contributed by atoms with van der Waals surface area (Å²) >= 11 is 0. The molecule has 104 valence electrons. The molecular formula is C13H15N5O2. The number of anilines is 1. The van der Waals surface area contributed by atoms with Gasteiger partial charge in [-0.25, -0.2) is 4.68 Å². The van der Waals surface area contributed by atoms with Crippen molar-refractivity contribution in [2.24, 2.45) is 0 Å². The molecule has 0 fully saturated rings. The maximum atomic E-state index is 12.2. The van der Waals surface area contributed by atoms with Crippen LogP contribution >= 0.6 is 0 Å². The summed E-state index contributed by atoms with van der Waals surface area (Å²) in [4.78, 5) is 23.7. The van der Waals surface area contributed by atoms with Crippen molar-refractivity contribution in [3.8, 4) is 0 Å². The van der Waals surface area contributed by atoms with E-state index < -0.39 is 0 Å². The molecular weight excluding hydrogens is 258 g/mol. The molecule has 0 saturated heterocycles. The molecule has 2 rings (SSSR count). The second-order valence-electron chi connectivity index (χ2n) is 4.31. The van der Waals surface area contributed by atoms with Gasteiger partial charge in [0.25, 0.3) is 5.91 Å². The lowest BCUT2D eigenvalue weighted by Crippen LogP contribution is -2.18. The molecule has 20 heavy (non-hydrogen) atoms.